The number of hydrogen-bond acceptors (Lipinski definition) is 1. The second kappa shape index (κ2) is 6.98. The molecule has 0 spiro atoms. The Kier molecular flexibility index (Phi) is 5.02. The highest BCUT2D eigenvalue weighted by Gasteiger charge is 2.03. The fraction of sp³-hybridized carbons (Fsp3) is 0.333. The van der Waals surface area contributed by atoms with E-state index in [2.05, 4.69) is 49.4 Å². The molecule has 0 amide bonds. The van der Waals surface area contributed by atoms with E-state index in [1.807, 2.05) is 6.07 Å². The van der Waals surface area contributed by atoms with Crippen molar-refractivity contribution < 1.29 is 4.74 Å². The summed E-state index contributed by atoms with van der Waals surface area (Å²) in [6.07, 6.45) is 4.77. The first-order chi connectivity index (χ1) is 9.31. The van der Waals surface area contributed by atoms with Crippen molar-refractivity contribution in [1.82, 2.24) is 0 Å². The molecule has 0 fully saturated rings. The van der Waals surface area contributed by atoms with Gasteiger partial charge in [0.05, 0.1) is 7.11 Å². The molecule has 0 bridgehead atoms. The zero-order chi connectivity index (χ0) is 13.5. The lowest BCUT2D eigenvalue weighted by Crippen LogP contribution is -1.95. The van der Waals surface area contributed by atoms with E-state index >= 15 is 0 Å². The van der Waals surface area contributed by atoms with E-state index in [4.69, 9.17) is 4.74 Å². The molecule has 2 rings (SSSR count). The molecule has 0 N–H and O–H groups in total. The van der Waals surface area contributed by atoms with Gasteiger partial charge in [0.15, 0.2) is 0 Å². The van der Waals surface area contributed by atoms with Crippen molar-refractivity contribution in [2.45, 2.75) is 32.6 Å². The van der Waals surface area contributed by atoms with Gasteiger partial charge in [0, 0.05) is 0 Å². The summed E-state index contributed by atoms with van der Waals surface area (Å²) in [5.41, 5.74) is 4.13. The summed E-state index contributed by atoms with van der Waals surface area (Å²) in [7, 11) is 1.74. The molecule has 0 unspecified atom stereocenters. The van der Waals surface area contributed by atoms with Crippen LogP contribution in [0.25, 0.3) is 0 Å². The molecule has 1 nitrogen and oxygen atoms in total. The average molecular weight is 254 g/mol. The van der Waals surface area contributed by atoms with E-state index < -0.39 is 0 Å². The predicted octanol–water partition coefficient (Wildman–Crippen LogP) is 4.57. The smallest absolute Gasteiger partial charge is 0.122 e. The van der Waals surface area contributed by atoms with Crippen molar-refractivity contribution in [2.75, 3.05) is 7.11 Å². The largest absolute Gasteiger partial charge is 0.496 e. The number of hydrogen-bond donors (Lipinski definition) is 0. The molecule has 0 aliphatic heterocycles. The minimum atomic E-state index is 1.00. The first kappa shape index (κ1) is 13.7. The van der Waals surface area contributed by atoms with Crippen molar-refractivity contribution in [3.05, 3.63) is 65.2 Å². The van der Waals surface area contributed by atoms with Gasteiger partial charge in [-0.15, -0.1) is 0 Å². The molecule has 19 heavy (non-hydrogen) atoms. The molecule has 0 saturated heterocycles. The molecular formula is C18H22O. The van der Waals surface area contributed by atoms with Crippen LogP contribution in [0.1, 0.15) is 29.5 Å². The first-order valence-corrected chi connectivity index (χ1v) is 6.97. The highest BCUT2D eigenvalue weighted by atomic mass is 16.5. The van der Waals surface area contributed by atoms with Crippen LogP contribution in [0.2, 0.25) is 0 Å². The van der Waals surface area contributed by atoms with Crippen LogP contribution in [-0.2, 0) is 12.8 Å². The lowest BCUT2D eigenvalue weighted by molar-refractivity contribution is 0.411. The Morgan fingerprint density at radius 3 is 2.32 bits per heavy atom. The van der Waals surface area contributed by atoms with Gasteiger partial charge in [-0.3, -0.25) is 0 Å². The monoisotopic (exact) mass is 254 g/mol. The van der Waals surface area contributed by atoms with Gasteiger partial charge in [-0.05, 0) is 55.4 Å². The van der Waals surface area contributed by atoms with Gasteiger partial charge in [0.1, 0.15) is 5.75 Å². The standard InChI is InChI=1S/C18H22O/c1-15-17(13-8-14-18(15)19-2)12-7-6-11-16-9-4-3-5-10-16/h3-5,8-10,13-14H,6-7,11-12H2,1-2H3. The van der Waals surface area contributed by atoms with Gasteiger partial charge >= 0.3 is 0 Å². The third-order valence-electron chi connectivity index (χ3n) is 3.62. The van der Waals surface area contributed by atoms with Crippen LogP contribution in [0.3, 0.4) is 0 Å². The van der Waals surface area contributed by atoms with E-state index in [1.165, 1.54) is 36.0 Å². The summed E-state index contributed by atoms with van der Waals surface area (Å²) in [5.74, 6) is 1.00. The number of ether oxygens (including phenoxy) is 1. The summed E-state index contributed by atoms with van der Waals surface area (Å²) in [4.78, 5) is 0. The third-order valence-corrected chi connectivity index (χ3v) is 3.62. The second-order valence-electron chi connectivity index (χ2n) is 4.94. The van der Waals surface area contributed by atoms with Crippen molar-refractivity contribution in [2.24, 2.45) is 0 Å². The number of rotatable bonds is 6. The fourth-order valence-corrected chi connectivity index (χ4v) is 2.44. The number of benzene rings is 2. The molecule has 0 atom stereocenters. The summed E-state index contributed by atoms with van der Waals surface area (Å²) in [6, 6.07) is 17.0. The zero-order valence-electron chi connectivity index (χ0n) is 11.9. The maximum absolute atomic E-state index is 5.36. The lowest BCUT2D eigenvalue weighted by Gasteiger charge is -2.10. The SMILES string of the molecule is COc1cccc(CCCCc2ccccc2)c1C. The normalized spacial score (nSPS) is 10.4. The highest BCUT2D eigenvalue weighted by Crippen LogP contribution is 2.22. The summed E-state index contributed by atoms with van der Waals surface area (Å²) >= 11 is 0. The van der Waals surface area contributed by atoms with Crippen LogP contribution in [0.15, 0.2) is 48.5 Å². The minimum absolute atomic E-state index is 1.00. The van der Waals surface area contributed by atoms with Gasteiger partial charge in [-0.1, -0.05) is 42.5 Å². The molecule has 0 aromatic heterocycles. The summed E-state index contributed by atoms with van der Waals surface area (Å²) in [6.45, 7) is 2.14. The molecule has 0 aliphatic carbocycles. The topological polar surface area (TPSA) is 9.23 Å². The van der Waals surface area contributed by atoms with Gasteiger partial charge in [0.25, 0.3) is 0 Å². The Balaban J connectivity index is 1.83. The van der Waals surface area contributed by atoms with Crippen molar-refractivity contribution in [3.63, 3.8) is 0 Å². The van der Waals surface area contributed by atoms with Crippen molar-refractivity contribution in [3.8, 4) is 5.75 Å². The van der Waals surface area contributed by atoms with Crippen LogP contribution in [0.4, 0.5) is 0 Å². The van der Waals surface area contributed by atoms with Crippen molar-refractivity contribution in [1.29, 1.82) is 0 Å². The van der Waals surface area contributed by atoms with Crippen LogP contribution in [0, 0.1) is 6.92 Å². The number of aryl methyl sites for hydroxylation is 2. The Morgan fingerprint density at radius 2 is 1.58 bits per heavy atom. The van der Waals surface area contributed by atoms with Gasteiger partial charge in [-0.25, -0.2) is 0 Å². The van der Waals surface area contributed by atoms with Crippen LogP contribution in [0.5, 0.6) is 5.75 Å². The molecule has 0 aliphatic rings. The molecule has 0 radical (unpaired) electrons. The third kappa shape index (κ3) is 3.85. The quantitative estimate of drug-likeness (QED) is 0.686. The highest BCUT2D eigenvalue weighted by molar-refractivity contribution is 5.39. The average Bonchev–Trinajstić information content (AvgIpc) is 2.46. The Bertz CT molecular complexity index is 502. The van der Waals surface area contributed by atoms with E-state index in [0.717, 1.165) is 12.2 Å². The maximum atomic E-state index is 5.36. The van der Waals surface area contributed by atoms with Crippen LogP contribution < -0.4 is 4.74 Å². The van der Waals surface area contributed by atoms with E-state index in [0.29, 0.717) is 0 Å². The maximum Gasteiger partial charge on any atom is 0.122 e. The number of unbranched alkanes of at least 4 members (excludes halogenated alkanes) is 1. The molecule has 100 valence electrons. The van der Waals surface area contributed by atoms with Crippen molar-refractivity contribution >= 4 is 0 Å². The molecular weight excluding hydrogens is 232 g/mol. The van der Waals surface area contributed by atoms with Gasteiger partial charge < -0.3 is 4.74 Å². The van der Waals surface area contributed by atoms with Crippen LogP contribution >= 0.6 is 0 Å². The van der Waals surface area contributed by atoms with E-state index in [9.17, 15) is 0 Å². The Labute approximate surface area is 116 Å². The summed E-state index contributed by atoms with van der Waals surface area (Å²) < 4.78 is 5.36. The summed E-state index contributed by atoms with van der Waals surface area (Å²) in [5, 5.41) is 0. The Hall–Kier alpha value is -1.76. The second-order valence-corrected chi connectivity index (χ2v) is 4.94. The predicted molar refractivity (Wildman–Crippen MR) is 80.8 cm³/mol. The number of methoxy groups -OCH3 is 1. The zero-order valence-corrected chi connectivity index (χ0v) is 11.9. The molecule has 0 saturated carbocycles. The molecule has 0 heterocycles. The lowest BCUT2D eigenvalue weighted by atomic mass is 10.00. The molecule has 2 aromatic carbocycles. The van der Waals surface area contributed by atoms with E-state index in [1.54, 1.807) is 7.11 Å². The van der Waals surface area contributed by atoms with Gasteiger partial charge in [-0.2, -0.15) is 0 Å². The fourth-order valence-electron chi connectivity index (χ4n) is 2.44. The minimum Gasteiger partial charge on any atom is -0.496 e. The molecule has 2 aromatic rings. The van der Waals surface area contributed by atoms with E-state index in [-0.39, 0.29) is 0 Å². The molecule has 1 heteroatoms. The Morgan fingerprint density at radius 1 is 0.842 bits per heavy atom. The van der Waals surface area contributed by atoms with Crippen LogP contribution in [-0.4, -0.2) is 7.11 Å². The first-order valence-electron chi connectivity index (χ1n) is 6.97. The van der Waals surface area contributed by atoms with Gasteiger partial charge in [0.2, 0.25) is 0 Å².